The number of aryl methyl sites for hydroxylation is 1. The number of likely N-dealkylation sites (tertiary alicyclic amines) is 1. The summed E-state index contributed by atoms with van der Waals surface area (Å²) in [6.07, 6.45) is 0.661. The Labute approximate surface area is 119 Å². The number of hydrogen-bond acceptors (Lipinski definition) is 2. The summed E-state index contributed by atoms with van der Waals surface area (Å²) in [5, 5.41) is 9.51. The van der Waals surface area contributed by atoms with Gasteiger partial charge in [0, 0.05) is 13.1 Å². The van der Waals surface area contributed by atoms with Gasteiger partial charge in [-0.25, -0.2) is 4.39 Å². The number of benzene rings is 1. The molecule has 0 bridgehead atoms. The number of rotatable bonds is 4. The Morgan fingerprint density at radius 3 is 2.70 bits per heavy atom. The molecule has 1 fully saturated rings. The molecule has 4 heteroatoms. The minimum Gasteiger partial charge on any atom is -0.481 e. The van der Waals surface area contributed by atoms with Gasteiger partial charge in [0.25, 0.3) is 0 Å². The van der Waals surface area contributed by atoms with Crippen molar-refractivity contribution < 1.29 is 14.3 Å². The van der Waals surface area contributed by atoms with Gasteiger partial charge in [0.1, 0.15) is 5.82 Å². The third-order valence-electron chi connectivity index (χ3n) is 4.55. The summed E-state index contributed by atoms with van der Waals surface area (Å²) in [5.41, 5.74) is 0.874. The van der Waals surface area contributed by atoms with Crippen LogP contribution in [-0.4, -0.2) is 29.1 Å². The highest BCUT2D eigenvalue weighted by molar-refractivity contribution is 5.75. The van der Waals surface area contributed by atoms with Crippen LogP contribution in [0.5, 0.6) is 0 Å². The number of carbonyl (C=O) groups is 1. The first-order valence-electron chi connectivity index (χ1n) is 7.06. The van der Waals surface area contributed by atoms with E-state index in [4.69, 9.17) is 0 Å². The van der Waals surface area contributed by atoms with Crippen LogP contribution >= 0.6 is 0 Å². The van der Waals surface area contributed by atoms with Crippen LogP contribution in [0.1, 0.15) is 31.4 Å². The molecule has 0 spiro atoms. The van der Waals surface area contributed by atoms with E-state index in [1.165, 1.54) is 0 Å². The topological polar surface area (TPSA) is 40.5 Å². The molecule has 0 radical (unpaired) electrons. The van der Waals surface area contributed by atoms with E-state index in [9.17, 15) is 14.3 Å². The highest BCUT2D eigenvalue weighted by atomic mass is 19.1. The molecule has 1 aromatic carbocycles. The molecule has 0 aromatic heterocycles. The Kier molecular flexibility index (Phi) is 4.14. The Balaban J connectivity index is 2.09. The molecule has 110 valence electrons. The number of carboxylic acid groups (broad SMARTS) is 1. The van der Waals surface area contributed by atoms with E-state index in [-0.39, 0.29) is 11.7 Å². The van der Waals surface area contributed by atoms with Gasteiger partial charge in [-0.1, -0.05) is 26.0 Å². The summed E-state index contributed by atoms with van der Waals surface area (Å²) in [6, 6.07) is 5.23. The highest BCUT2D eigenvalue weighted by Gasteiger charge is 2.47. The fourth-order valence-corrected chi connectivity index (χ4v) is 2.94. The van der Waals surface area contributed by atoms with Gasteiger partial charge >= 0.3 is 5.97 Å². The molecule has 1 aromatic rings. The van der Waals surface area contributed by atoms with Crippen molar-refractivity contribution in [2.45, 2.75) is 33.7 Å². The van der Waals surface area contributed by atoms with E-state index < -0.39 is 11.4 Å². The summed E-state index contributed by atoms with van der Waals surface area (Å²) in [4.78, 5) is 13.7. The van der Waals surface area contributed by atoms with Gasteiger partial charge in [0.05, 0.1) is 5.41 Å². The van der Waals surface area contributed by atoms with Gasteiger partial charge in [-0.15, -0.1) is 0 Å². The Hall–Kier alpha value is -1.42. The largest absolute Gasteiger partial charge is 0.481 e. The zero-order chi connectivity index (χ0) is 14.9. The number of carboxylic acids is 1. The van der Waals surface area contributed by atoms with Crippen molar-refractivity contribution in [1.29, 1.82) is 0 Å². The van der Waals surface area contributed by atoms with Crippen LogP contribution in [0.4, 0.5) is 4.39 Å². The molecular weight excluding hydrogens is 257 g/mol. The van der Waals surface area contributed by atoms with Crippen LogP contribution in [-0.2, 0) is 11.3 Å². The summed E-state index contributed by atoms with van der Waals surface area (Å²) in [7, 11) is 0. The molecule has 1 aliphatic rings. The van der Waals surface area contributed by atoms with Gasteiger partial charge in [0.2, 0.25) is 0 Å². The average molecular weight is 279 g/mol. The molecule has 1 heterocycles. The normalized spacial score (nSPS) is 23.4. The zero-order valence-electron chi connectivity index (χ0n) is 12.3. The molecule has 0 aliphatic carbocycles. The lowest BCUT2D eigenvalue weighted by Gasteiger charge is -2.28. The highest BCUT2D eigenvalue weighted by Crippen LogP contribution is 2.38. The maximum absolute atomic E-state index is 13.5. The lowest BCUT2D eigenvalue weighted by molar-refractivity contribution is -0.151. The summed E-state index contributed by atoms with van der Waals surface area (Å²) < 4.78 is 13.5. The van der Waals surface area contributed by atoms with E-state index in [0.717, 1.165) is 12.1 Å². The minimum absolute atomic E-state index is 0.0970. The van der Waals surface area contributed by atoms with Crippen LogP contribution in [0.2, 0.25) is 0 Å². The summed E-state index contributed by atoms with van der Waals surface area (Å²) in [5.74, 6) is -0.820. The Morgan fingerprint density at radius 1 is 1.50 bits per heavy atom. The fourth-order valence-electron chi connectivity index (χ4n) is 2.94. The first-order valence-corrected chi connectivity index (χ1v) is 7.06. The van der Waals surface area contributed by atoms with Gasteiger partial charge in [-0.05, 0) is 43.0 Å². The van der Waals surface area contributed by atoms with E-state index in [1.807, 2.05) is 19.9 Å². The maximum atomic E-state index is 13.5. The first-order chi connectivity index (χ1) is 9.35. The standard InChI is InChI=1S/C16H22FNO2/c1-11(2)16(15(19)20)6-7-18(10-16)9-13-5-4-12(3)14(17)8-13/h4-5,8,11H,6-7,9-10H2,1-3H3,(H,19,20). The molecule has 1 saturated heterocycles. The first kappa shape index (κ1) is 15.0. The molecule has 20 heavy (non-hydrogen) atoms. The average Bonchev–Trinajstić information content (AvgIpc) is 2.79. The lowest BCUT2D eigenvalue weighted by Crippen LogP contribution is -2.39. The second-order valence-electron chi connectivity index (χ2n) is 6.16. The molecule has 0 amide bonds. The predicted molar refractivity (Wildman–Crippen MR) is 75.9 cm³/mol. The van der Waals surface area contributed by atoms with E-state index in [0.29, 0.717) is 25.1 Å². The van der Waals surface area contributed by atoms with Crippen molar-refractivity contribution in [3.8, 4) is 0 Å². The maximum Gasteiger partial charge on any atom is 0.311 e. The van der Waals surface area contributed by atoms with Crippen molar-refractivity contribution in [3.63, 3.8) is 0 Å². The minimum atomic E-state index is -0.718. The zero-order valence-corrected chi connectivity index (χ0v) is 12.3. The number of aliphatic carboxylic acids is 1. The van der Waals surface area contributed by atoms with Crippen molar-refractivity contribution in [3.05, 3.63) is 35.1 Å². The van der Waals surface area contributed by atoms with E-state index in [2.05, 4.69) is 4.90 Å². The third kappa shape index (κ3) is 2.70. The van der Waals surface area contributed by atoms with E-state index in [1.54, 1.807) is 19.1 Å². The second kappa shape index (κ2) is 5.52. The molecule has 1 aliphatic heterocycles. The summed E-state index contributed by atoms with van der Waals surface area (Å²) >= 11 is 0. The van der Waals surface area contributed by atoms with Gasteiger partial charge in [-0.3, -0.25) is 9.69 Å². The SMILES string of the molecule is Cc1ccc(CN2CCC(C(=O)O)(C(C)C)C2)cc1F. The number of hydrogen-bond donors (Lipinski definition) is 1. The van der Waals surface area contributed by atoms with Crippen molar-refractivity contribution in [2.75, 3.05) is 13.1 Å². The monoisotopic (exact) mass is 279 g/mol. The van der Waals surface area contributed by atoms with E-state index >= 15 is 0 Å². The van der Waals surface area contributed by atoms with Crippen LogP contribution in [0, 0.1) is 24.1 Å². The molecule has 1 atom stereocenters. The van der Waals surface area contributed by atoms with Crippen molar-refractivity contribution in [1.82, 2.24) is 4.90 Å². The van der Waals surface area contributed by atoms with Gasteiger partial charge < -0.3 is 5.11 Å². The second-order valence-corrected chi connectivity index (χ2v) is 6.16. The molecule has 1 N–H and O–H groups in total. The molecule has 1 unspecified atom stereocenters. The molecule has 3 nitrogen and oxygen atoms in total. The number of nitrogens with zero attached hydrogens (tertiary/aromatic N) is 1. The van der Waals surface area contributed by atoms with Crippen molar-refractivity contribution in [2.24, 2.45) is 11.3 Å². The Bertz CT molecular complexity index is 515. The molecule has 2 rings (SSSR count). The summed E-state index contributed by atoms with van der Waals surface area (Å²) in [6.45, 7) is 7.56. The molecular formula is C16H22FNO2. The fraction of sp³-hybridized carbons (Fsp3) is 0.562. The van der Waals surface area contributed by atoms with Crippen LogP contribution in [0.25, 0.3) is 0 Å². The van der Waals surface area contributed by atoms with Crippen LogP contribution in [0.15, 0.2) is 18.2 Å². The predicted octanol–water partition coefficient (Wildman–Crippen LogP) is 3.07. The lowest BCUT2D eigenvalue weighted by atomic mass is 9.76. The Morgan fingerprint density at radius 2 is 2.20 bits per heavy atom. The third-order valence-corrected chi connectivity index (χ3v) is 4.55. The molecule has 0 saturated carbocycles. The van der Waals surface area contributed by atoms with Crippen LogP contribution in [0.3, 0.4) is 0 Å². The smallest absolute Gasteiger partial charge is 0.311 e. The quantitative estimate of drug-likeness (QED) is 0.921. The van der Waals surface area contributed by atoms with Gasteiger partial charge in [0.15, 0.2) is 0 Å². The van der Waals surface area contributed by atoms with Crippen molar-refractivity contribution >= 4 is 5.97 Å². The van der Waals surface area contributed by atoms with Gasteiger partial charge in [-0.2, -0.15) is 0 Å². The number of halogens is 1. The van der Waals surface area contributed by atoms with Crippen LogP contribution < -0.4 is 0 Å².